The molecule has 1 saturated carbocycles. The number of esters is 1. The molecule has 214 valence electrons. The van der Waals surface area contributed by atoms with Gasteiger partial charge in [-0.2, -0.15) is 0 Å². The Morgan fingerprint density at radius 1 is 1.00 bits per heavy atom. The van der Waals surface area contributed by atoms with E-state index in [2.05, 4.69) is 65.9 Å². The first-order chi connectivity index (χ1) is 17.8. The van der Waals surface area contributed by atoms with E-state index in [1.54, 1.807) is 0 Å². The zero-order chi connectivity index (χ0) is 28.3. The zero-order valence-electron chi connectivity index (χ0n) is 26.0. The molecule has 1 aromatic rings. The van der Waals surface area contributed by atoms with Gasteiger partial charge in [-0.1, -0.05) is 66.4 Å². The van der Waals surface area contributed by atoms with Gasteiger partial charge >= 0.3 is 5.97 Å². The van der Waals surface area contributed by atoms with Crippen molar-refractivity contribution in [1.82, 2.24) is 0 Å². The third-order valence-corrected chi connectivity index (χ3v) is 10.3. The van der Waals surface area contributed by atoms with Crippen molar-refractivity contribution in [3.05, 3.63) is 34.9 Å². The Labute approximate surface area is 237 Å². The Hall–Kier alpha value is -1.54. The molecule has 1 fully saturated rings. The number of hydrogen-bond acceptors (Lipinski definition) is 4. The van der Waals surface area contributed by atoms with Gasteiger partial charge in [0.15, 0.2) is 0 Å². The maximum Gasteiger partial charge on any atom is 0.311 e. The van der Waals surface area contributed by atoms with E-state index in [1.807, 2.05) is 20.8 Å². The monoisotopic (exact) mass is 558 g/mol. The van der Waals surface area contributed by atoms with E-state index in [-0.39, 0.29) is 22.7 Å². The highest BCUT2D eigenvalue weighted by Crippen LogP contribution is 2.65. The van der Waals surface area contributed by atoms with Gasteiger partial charge in [-0.15, -0.1) is 0 Å². The van der Waals surface area contributed by atoms with Crippen molar-refractivity contribution in [3.8, 4) is 11.5 Å². The van der Waals surface area contributed by atoms with E-state index >= 15 is 0 Å². The van der Waals surface area contributed by atoms with Crippen LogP contribution in [0.3, 0.4) is 0 Å². The molecule has 3 aliphatic rings. The van der Waals surface area contributed by atoms with Crippen molar-refractivity contribution in [2.45, 2.75) is 118 Å². The molecule has 0 aromatic heterocycles. The lowest BCUT2D eigenvalue weighted by molar-refractivity contribution is -0.152. The number of ether oxygens (including phenoxy) is 1. The molecule has 6 heteroatoms. The van der Waals surface area contributed by atoms with E-state index < -0.39 is 24.9 Å². The largest absolute Gasteiger partial charge is 0.549 e. The SMILES string of the molecule is CCCCCCC(C)(C)c1cc(O[SiH2]C)c([C@H]2C=C(COC(=O)C(C)(C)C)[C@H]3CC2C3(C)C)c(O[SiH2]C)c1. The first kappa shape index (κ1) is 31.0. The maximum atomic E-state index is 12.6. The Balaban J connectivity index is 2.03. The summed E-state index contributed by atoms with van der Waals surface area (Å²) in [5, 5.41) is 0. The van der Waals surface area contributed by atoms with E-state index in [1.165, 1.54) is 48.8 Å². The number of carbonyl (C=O) groups excluding carboxylic acids is 1. The molecule has 0 saturated heterocycles. The summed E-state index contributed by atoms with van der Waals surface area (Å²) >= 11 is 0. The fraction of sp³-hybridized carbons (Fsp3) is 0.719. The lowest BCUT2D eigenvalue weighted by atomic mass is 9.45. The third kappa shape index (κ3) is 6.60. The smallest absolute Gasteiger partial charge is 0.311 e. The van der Waals surface area contributed by atoms with Crippen LogP contribution in [0.1, 0.15) is 111 Å². The topological polar surface area (TPSA) is 44.8 Å². The molecular weight excluding hydrogens is 505 g/mol. The Morgan fingerprint density at radius 2 is 1.61 bits per heavy atom. The number of allylic oxidation sites excluding steroid dienone is 1. The van der Waals surface area contributed by atoms with Crippen LogP contribution in [0.4, 0.5) is 0 Å². The molecular formula is C32H54O4Si2. The lowest BCUT2D eigenvalue weighted by Crippen LogP contribution is -2.52. The summed E-state index contributed by atoms with van der Waals surface area (Å²) in [4.78, 5) is 12.6. The standard InChI is InChI=1S/C32H54O4Si2/c1-11-12-13-14-15-31(5,6)22-17-26(35-37-9)28(27(18-22)36-38-10)23-16-21(20-34-29(33)30(2,3)4)24-19-25(23)32(24,7)8/h16-18,23-25H,11-15,19-20,37-38H2,1-10H3/t23-,24+,25?/m0/s1. The lowest BCUT2D eigenvalue weighted by Gasteiger charge is -2.59. The average molecular weight is 559 g/mol. The van der Waals surface area contributed by atoms with Gasteiger partial charge in [-0.25, -0.2) is 0 Å². The van der Waals surface area contributed by atoms with Crippen LogP contribution in [-0.2, 0) is 14.9 Å². The van der Waals surface area contributed by atoms with Crippen LogP contribution in [0, 0.1) is 22.7 Å². The maximum absolute atomic E-state index is 12.6. The molecule has 1 unspecified atom stereocenters. The number of carbonyl (C=O) groups is 1. The quantitative estimate of drug-likeness (QED) is 0.111. The minimum Gasteiger partial charge on any atom is -0.549 e. The van der Waals surface area contributed by atoms with Gasteiger partial charge in [0, 0.05) is 11.5 Å². The van der Waals surface area contributed by atoms with Crippen LogP contribution in [-0.4, -0.2) is 32.1 Å². The summed E-state index contributed by atoms with van der Waals surface area (Å²) in [6.07, 6.45) is 9.81. The highest BCUT2D eigenvalue weighted by atomic mass is 28.2. The summed E-state index contributed by atoms with van der Waals surface area (Å²) in [7, 11) is -1.34. The van der Waals surface area contributed by atoms with Gasteiger partial charge in [0.1, 0.15) is 18.1 Å². The molecule has 38 heavy (non-hydrogen) atoms. The fourth-order valence-corrected chi connectivity index (χ4v) is 7.57. The van der Waals surface area contributed by atoms with Gasteiger partial charge in [0.25, 0.3) is 0 Å². The molecule has 0 amide bonds. The van der Waals surface area contributed by atoms with Crippen molar-refractivity contribution >= 4 is 25.5 Å². The number of unbranched alkanes of at least 4 members (excludes halogenated alkanes) is 3. The Bertz CT molecular complexity index is 978. The summed E-state index contributed by atoms with van der Waals surface area (Å²) in [5.74, 6) is 3.14. The van der Waals surface area contributed by atoms with Gasteiger partial charge in [0.05, 0.1) is 5.41 Å². The molecule has 3 atom stereocenters. The number of fused-ring (bicyclic) bond motifs is 1. The molecule has 2 bridgehead atoms. The van der Waals surface area contributed by atoms with Crippen molar-refractivity contribution in [3.63, 3.8) is 0 Å². The molecule has 0 spiro atoms. The van der Waals surface area contributed by atoms with Gasteiger partial charge in [0.2, 0.25) is 19.5 Å². The predicted molar refractivity (Wildman–Crippen MR) is 165 cm³/mol. The second kappa shape index (κ2) is 12.3. The summed E-state index contributed by atoms with van der Waals surface area (Å²) in [5.41, 5.74) is 3.56. The van der Waals surface area contributed by atoms with Crippen LogP contribution >= 0.6 is 0 Å². The zero-order valence-corrected chi connectivity index (χ0v) is 28.8. The summed E-state index contributed by atoms with van der Waals surface area (Å²) in [6.45, 7) is 22.3. The molecule has 4 nitrogen and oxygen atoms in total. The second-order valence-corrected chi connectivity index (χ2v) is 15.5. The molecule has 0 N–H and O–H groups in total. The number of rotatable bonds is 13. The van der Waals surface area contributed by atoms with E-state index in [9.17, 15) is 4.79 Å². The normalized spacial score (nSPS) is 23.0. The van der Waals surface area contributed by atoms with Crippen LogP contribution in [0.2, 0.25) is 13.1 Å². The second-order valence-electron chi connectivity index (χ2n) is 13.8. The molecule has 0 heterocycles. The average Bonchev–Trinajstić information content (AvgIpc) is 2.84. The predicted octanol–water partition coefficient (Wildman–Crippen LogP) is 7.23. The molecule has 0 aliphatic heterocycles. The number of hydrogen-bond donors (Lipinski definition) is 0. The minimum absolute atomic E-state index is 0.0721. The Kier molecular flexibility index (Phi) is 10.1. The third-order valence-electron chi connectivity index (χ3n) is 9.07. The van der Waals surface area contributed by atoms with E-state index in [0.29, 0.717) is 18.4 Å². The first-order valence-corrected chi connectivity index (χ1v) is 19.1. The van der Waals surface area contributed by atoms with Crippen LogP contribution in [0.5, 0.6) is 11.5 Å². The van der Waals surface area contributed by atoms with Gasteiger partial charge in [-0.3, -0.25) is 4.79 Å². The van der Waals surface area contributed by atoms with Crippen LogP contribution in [0.25, 0.3) is 0 Å². The van der Waals surface area contributed by atoms with E-state index in [0.717, 1.165) is 17.9 Å². The van der Waals surface area contributed by atoms with Crippen LogP contribution in [0.15, 0.2) is 23.8 Å². The minimum atomic E-state index is -0.669. The van der Waals surface area contributed by atoms with E-state index in [4.69, 9.17) is 13.6 Å². The van der Waals surface area contributed by atoms with Crippen LogP contribution < -0.4 is 8.85 Å². The van der Waals surface area contributed by atoms with Crippen molar-refractivity contribution < 1.29 is 18.4 Å². The van der Waals surface area contributed by atoms with Crippen molar-refractivity contribution in [2.24, 2.45) is 22.7 Å². The van der Waals surface area contributed by atoms with Gasteiger partial charge < -0.3 is 13.6 Å². The van der Waals surface area contributed by atoms with Crippen molar-refractivity contribution in [2.75, 3.05) is 6.61 Å². The first-order valence-electron chi connectivity index (χ1n) is 15.1. The molecule has 3 aliphatic carbocycles. The summed E-state index contributed by atoms with van der Waals surface area (Å²) < 4.78 is 18.9. The number of benzene rings is 1. The fourth-order valence-electron chi connectivity index (χ4n) is 6.47. The Morgan fingerprint density at radius 3 is 2.11 bits per heavy atom. The summed E-state index contributed by atoms with van der Waals surface area (Å²) in [6, 6.07) is 4.67. The van der Waals surface area contributed by atoms with Crippen molar-refractivity contribution in [1.29, 1.82) is 0 Å². The van der Waals surface area contributed by atoms with Gasteiger partial charge in [-0.05, 0) is 92.6 Å². The molecule has 0 radical (unpaired) electrons. The molecule has 4 rings (SSSR count). The highest BCUT2D eigenvalue weighted by Gasteiger charge is 2.56. The highest BCUT2D eigenvalue weighted by molar-refractivity contribution is 6.26. The molecule has 1 aromatic carbocycles.